The molecule has 1 aliphatic carbocycles. The van der Waals surface area contributed by atoms with Gasteiger partial charge in [0.25, 0.3) is 0 Å². The monoisotopic (exact) mass is 437 g/mol. The predicted octanol–water partition coefficient (Wildman–Crippen LogP) is 4.96. The number of nitrogens with one attached hydrogen (secondary N) is 1. The molecule has 0 amide bonds. The molecule has 1 saturated heterocycles. The van der Waals surface area contributed by atoms with Crippen LogP contribution >= 0.6 is 11.6 Å². The van der Waals surface area contributed by atoms with Crippen molar-refractivity contribution >= 4 is 17.4 Å². The Morgan fingerprint density at radius 1 is 1.10 bits per heavy atom. The van der Waals surface area contributed by atoms with E-state index in [0.29, 0.717) is 34.2 Å². The largest absolute Gasteiger partial charge is 0.366 e. The van der Waals surface area contributed by atoms with Gasteiger partial charge in [-0.3, -0.25) is 9.88 Å². The predicted molar refractivity (Wildman–Crippen MR) is 120 cm³/mol. The summed E-state index contributed by atoms with van der Waals surface area (Å²) >= 11 is 6.18. The Balaban J connectivity index is 1.17. The second-order valence-corrected chi connectivity index (χ2v) is 9.13. The van der Waals surface area contributed by atoms with Crippen molar-refractivity contribution in [3.63, 3.8) is 0 Å². The summed E-state index contributed by atoms with van der Waals surface area (Å²) in [4.78, 5) is 7.09. The standard InChI is InChI=1S/C24H25ClFN5/c1-15-3-2-8-27-23(15)14-31-12-16-9-19(10-17(16)13-31)28-24-7-6-22(29-30-24)20-11-18(26)4-5-21(20)25/h2-8,11,16-17,19H,9-10,12-14H2,1H3,(H,28,30)/t16-,17+,19+. The van der Waals surface area contributed by atoms with E-state index in [-0.39, 0.29) is 5.82 Å². The van der Waals surface area contributed by atoms with E-state index in [0.717, 1.165) is 38.3 Å². The molecule has 0 radical (unpaired) electrons. The number of anilines is 1. The van der Waals surface area contributed by atoms with Crippen LogP contribution in [-0.4, -0.2) is 39.2 Å². The van der Waals surface area contributed by atoms with Gasteiger partial charge in [0, 0.05) is 37.4 Å². The summed E-state index contributed by atoms with van der Waals surface area (Å²) in [6.45, 7) is 5.32. The minimum atomic E-state index is -0.340. The van der Waals surface area contributed by atoms with E-state index in [1.165, 1.54) is 29.5 Å². The third-order valence-corrected chi connectivity index (χ3v) is 6.87. The lowest BCUT2D eigenvalue weighted by molar-refractivity contribution is 0.297. The van der Waals surface area contributed by atoms with Gasteiger partial charge in [0.05, 0.1) is 16.4 Å². The Labute approximate surface area is 186 Å². The molecule has 2 aliphatic rings. The Bertz CT molecular complexity index is 1060. The maximum absolute atomic E-state index is 13.5. The van der Waals surface area contributed by atoms with Crippen molar-refractivity contribution in [3.8, 4) is 11.3 Å². The molecular formula is C24H25ClFN5. The zero-order valence-corrected chi connectivity index (χ0v) is 18.2. The Morgan fingerprint density at radius 2 is 1.90 bits per heavy atom. The summed E-state index contributed by atoms with van der Waals surface area (Å²) in [5.41, 5.74) is 3.57. The zero-order valence-electron chi connectivity index (χ0n) is 17.4. The third-order valence-electron chi connectivity index (χ3n) is 6.54. The van der Waals surface area contributed by atoms with Crippen LogP contribution in [0, 0.1) is 24.6 Å². The van der Waals surface area contributed by atoms with E-state index in [1.807, 2.05) is 24.4 Å². The lowest BCUT2D eigenvalue weighted by atomic mass is 10.0. The van der Waals surface area contributed by atoms with E-state index in [4.69, 9.17) is 11.6 Å². The van der Waals surface area contributed by atoms with E-state index in [1.54, 1.807) is 0 Å². The van der Waals surface area contributed by atoms with Gasteiger partial charge in [0.2, 0.25) is 0 Å². The lowest BCUT2D eigenvalue weighted by Gasteiger charge is -2.20. The summed E-state index contributed by atoms with van der Waals surface area (Å²) in [5, 5.41) is 12.6. The summed E-state index contributed by atoms with van der Waals surface area (Å²) < 4.78 is 13.5. The van der Waals surface area contributed by atoms with Gasteiger partial charge in [-0.25, -0.2) is 4.39 Å². The number of aromatic nitrogens is 3. The van der Waals surface area contributed by atoms with Crippen LogP contribution in [0.15, 0.2) is 48.7 Å². The fraction of sp³-hybridized carbons (Fsp3) is 0.375. The maximum Gasteiger partial charge on any atom is 0.148 e. The SMILES string of the molecule is Cc1cccnc1CN1C[C@H]2C[C@H](Nc3ccc(-c4cc(F)ccc4Cl)nn3)C[C@H]2C1. The molecule has 1 N–H and O–H groups in total. The van der Waals surface area contributed by atoms with Gasteiger partial charge in [-0.1, -0.05) is 17.7 Å². The normalized spacial score (nSPS) is 23.1. The van der Waals surface area contributed by atoms with Crippen molar-refractivity contribution in [2.45, 2.75) is 32.4 Å². The second kappa shape index (κ2) is 8.52. The number of hydrogen-bond donors (Lipinski definition) is 1. The van der Waals surface area contributed by atoms with Crippen molar-refractivity contribution in [1.29, 1.82) is 0 Å². The first kappa shape index (κ1) is 20.3. The molecule has 0 unspecified atom stereocenters. The number of likely N-dealkylation sites (tertiary alicyclic amines) is 1. The highest BCUT2D eigenvalue weighted by molar-refractivity contribution is 6.33. The fourth-order valence-corrected chi connectivity index (χ4v) is 5.21. The molecule has 1 aliphatic heterocycles. The molecule has 2 fully saturated rings. The molecule has 5 nitrogen and oxygen atoms in total. The molecule has 2 aromatic heterocycles. The summed E-state index contributed by atoms with van der Waals surface area (Å²) in [6, 6.07) is 12.5. The highest BCUT2D eigenvalue weighted by Crippen LogP contribution is 2.39. The molecule has 3 atom stereocenters. The van der Waals surface area contributed by atoms with Crippen LogP contribution < -0.4 is 5.32 Å². The fourth-order valence-electron chi connectivity index (χ4n) is 5.00. The van der Waals surface area contributed by atoms with E-state index < -0.39 is 0 Å². The zero-order chi connectivity index (χ0) is 21.4. The number of aryl methyl sites for hydroxylation is 1. The van der Waals surface area contributed by atoms with Crippen molar-refractivity contribution in [3.05, 3.63) is 70.8 Å². The maximum atomic E-state index is 13.5. The van der Waals surface area contributed by atoms with E-state index in [9.17, 15) is 4.39 Å². The molecule has 31 heavy (non-hydrogen) atoms. The Morgan fingerprint density at radius 3 is 2.61 bits per heavy atom. The average Bonchev–Trinajstić information content (AvgIpc) is 3.30. The molecule has 5 rings (SSSR count). The summed E-state index contributed by atoms with van der Waals surface area (Å²) in [5.74, 6) is 1.83. The van der Waals surface area contributed by atoms with Crippen LogP contribution in [0.5, 0.6) is 0 Å². The van der Waals surface area contributed by atoms with Gasteiger partial charge in [-0.2, -0.15) is 0 Å². The highest BCUT2D eigenvalue weighted by atomic mass is 35.5. The van der Waals surface area contributed by atoms with Crippen LogP contribution in [0.25, 0.3) is 11.3 Å². The van der Waals surface area contributed by atoms with Gasteiger partial charge < -0.3 is 5.32 Å². The minimum absolute atomic E-state index is 0.340. The van der Waals surface area contributed by atoms with E-state index >= 15 is 0 Å². The van der Waals surface area contributed by atoms with Crippen LogP contribution in [0.2, 0.25) is 5.02 Å². The average molecular weight is 438 g/mol. The quantitative estimate of drug-likeness (QED) is 0.611. The van der Waals surface area contributed by atoms with Crippen molar-refractivity contribution in [2.75, 3.05) is 18.4 Å². The van der Waals surface area contributed by atoms with Crippen molar-refractivity contribution in [1.82, 2.24) is 20.1 Å². The first-order chi connectivity index (χ1) is 15.0. The van der Waals surface area contributed by atoms with Gasteiger partial charge >= 0.3 is 0 Å². The molecule has 3 heterocycles. The van der Waals surface area contributed by atoms with Crippen LogP contribution in [0.3, 0.4) is 0 Å². The van der Waals surface area contributed by atoms with Gasteiger partial charge in [0.15, 0.2) is 0 Å². The molecule has 7 heteroatoms. The Kier molecular flexibility index (Phi) is 5.59. The Hall–Kier alpha value is -2.57. The topological polar surface area (TPSA) is 53.9 Å². The number of nitrogens with zero attached hydrogens (tertiary/aromatic N) is 4. The number of halogens is 2. The highest BCUT2D eigenvalue weighted by Gasteiger charge is 2.41. The van der Waals surface area contributed by atoms with Crippen LogP contribution in [0.4, 0.5) is 10.2 Å². The second-order valence-electron chi connectivity index (χ2n) is 8.72. The van der Waals surface area contributed by atoms with Crippen molar-refractivity contribution < 1.29 is 4.39 Å². The molecule has 1 saturated carbocycles. The number of hydrogen-bond acceptors (Lipinski definition) is 5. The lowest BCUT2D eigenvalue weighted by Crippen LogP contribution is -2.25. The molecule has 160 valence electrons. The summed E-state index contributed by atoms with van der Waals surface area (Å²) in [7, 11) is 0. The molecule has 0 bridgehead atoms. The molecule has 0 spiro atoms. The van der Waals surface area contributed by atoms with Crippen LogP contribution in [0.1, 0.15) is 24.1 Å². The minimum Gasteiger partial charge on any atom is -0.366 e. The molecule has 3 aromatic rings. The van der Waals surface area contributed by atoms with Crippen molar-refractivity contribution in [2.24, 2.45) is 11.8 Å². The van der Waals surface area contributed by atoms with Crippen LogP contribution in [-0.2, 0) is 6.54 Å². The third kappa shape index (κ3) is 4.41. The number of rotatable bonds is 5. The molecule has 1 aromatic carbocycles. The number of fused-ring (bicyclic) bond motifs is 1. The van der Waals surface area contributed by atoms with E-state index in [2.05, 4.69) is 38.4 Å². The summed E-state index contributed by atoms with van der Waals surface area (Å²) in [6.07, 6.45) is 4.16. The number of pyridine rings is 1. The first-order valence-corrected chi connectivity index (χ1v) is 11.1. The van der Waals surface area contributed by atoms with Gasteiger partial charge in [-0.05, 0) is 73.6 Å². The van der Waals surface area contributed by atoms with Gasteiger partial charge in [0.1, 0.15) is 11.6 Å². The van der Waals surface area contributed by atoms with Gasteiger partial charge in [-0.15, -0.1) is 10.2 Å². The number of benzene rings is 1. The smallest absolute Gasteiger partial charge is 0.148 e. The molecular weight excluding hydrogens is 413 g/mol. The first-order valence-electron chi connectivity index (χ1n) is 10.7.